The number of rotatable bonds is 3. The molecular weight excluding hydrogens is 488 g/mol. The SMILES string of the molecule is Cc1ccc(-c2ccc(N3CCN(C(=O)Nc4cc(C(F)(F)F)cc(C(F)(F)F)c4)CC3)nn2)cc1. The van der Waals surface area contributed by atoms with Crippen LogP contribution in [0, 0.1) is 6.92 Å². The molecule has 2 aromatic carbocycles. The van der Waals surface area contributed by atoms with Crippen LogP contribution in [-0.2, 0) is 12.4 Å². The van der Waals surface area contributed by atoms with Gasteiger partial charge in [0.2, 0.25) is 0 Å². The number of carbonyl (C=O) groups is 1. The van der Waals surface area contributed by atoms with Crippen molar-refractivity contribution in [2.75, 3.05) is 36.4 Å². The molecule has 0 unspecified atom stereocenters. The molecule has 190 valence electrons. The largest absolute Gasteiger partial charge is 0.416 e. The highest BCUT2D eigenvalue weighted by atomic mass is 19.4. The van der Waals surface area contributed by atoms with Gasteiger partial charge in [0.15, 0.2) is 5.82 Å². The normalized spacial score (nSPS) is 14.6. The Labute approximate surface area is 202 Å². The van der Waals surface area contributed by atoms with Crippen LogP contribution in [0.3, 0.4) is 0 Å². The van der Waals surface area contributed by atoms with Crippen molar-refractivity contribution in [3.05, 3.63) is 71.3 Å². The zero-order valence-electron chi connectivity index (χ0n) is 19.0. The second-order valence-electron chi connectivity index (χ2n) is 8.34. The maximum absolute atomic E-state index is 13.1. The summed E-state index contributed by atoms with van der Waals surface area (Å²) in [6.45, 7) is 3.10. The van der Waals surface area contributed by atoms with Gasteiger partial charge in [-0.3, -0.25) is 0 Å². The topological polar surface area (TPSA) is 61.4 Å². The van der Waals surface area contributed by atoms with Gasteiger partial charge >= 0.3 is 18.4 Å². The van der Waals surface area contributed by atoms with Gasteiger partial charge in [0.1, 0.15) is 0 Å². The fraction of sp³-hybridized carbons (Fsp3) is 0.292. The molecule has 6 nitrogen and oxygen atoms in total. The van der Waals surface area contributed by atoms with Gasteiger partial charge in [0, 0.05) is 37.4 Å². The maximum atomic E-state index is 13.1. The number of alkyl halides is 6. The molecule has 3 aromatic rings. The van der Waals surface area contributed by atoms with Crippen LogP contribution >= 0.6 is 0 Å². The predicted molar refractivity (Wildman–Crippen MR) is 121 cm³/mol. The molecule has 1 aliphatic rings. The second kappa shape index (κ2) is 9.67. The first kappa shape index (κ1) is 25.3. The van der Waals surface area contributed by atoms with Crippen molar-refractivity contribution in [3.8, 4) is 11.3 Å². The molecule has 0 atom stereocenters. The number of aryl methyl sites for hydroxylation is 1. The fourth-order valence-corrected chi connectivity index (χ4v) is 3.74. The average Bonchev–Trinajstić information content (AvgIpc) is 2.83. The van der Waals surface area contributed by atoms with Crippen molar-refractivity contribution in [1.29, 1.82) is 0 Å². The van der Waals surface area contributed by atoms with Gasteiger partial charge < -0.3 is 15.1 Å². The minimum Gasteiger partial charge on any atom is -0.352 e. The van der Waals surface area contributed by atoms with Crippen molar-refractivity contribution < 1.29 is 31.1 Å². The summed E-state index contributed by atoms with van der Waals surface area (Å²) >= 11 is 0. The molecule has 12 heteroatoms. The van der Waals surface area contributed by atoms with Gasteiger partial charge in [-0.1, -0.05) is 29.8 Å². The lowest BCUT2D eigenvalue weighted by molar-refractivity contribution is -0.143. The minimum absolute atomic E-state index is 0.0135. The first-order valence-corrected chi connectivity index (χ1v) is 10.9. The van der Waals surface area contributed by atoms with Crippen molar-refractivity contribution in [3.63, 3.8) is 0 Å². The summed E-state index contributed by atoms with van der Waals surface area (Å²) in [5.74, 6) is 0.596. The molecule has 1 aliphatic heterocycles. The Morgan fingerprint density at radius 2 is 1.39 bits per heavy atom. The van der Waals surface area contributed by atoms with E-state index in [4.69, 9.17) is 0 Å². The summed E-state index contributed by atoms with van der Waals surface area (Å²) < 4.78 is 78.4. The van der Waals surface area contributed by atoms with Gasteiger partial charge in [-0.2, -0.15) is 26.3 Å². The number of piperazine rings is 1. The van der Waals surface area contributed by atoms with E-state index in [9.17, 15) is 31.1 Å². The van der Waals surface area contributed by atoms with Crippen LogP contribution in [0.5, 0.6) is 0 Å². The second-order valence-corrected chi connectivity index (χ2v) is 8.34. The zero-order chi connectivity index (χ0) is 26.1. The summed E-state index contributed by atoms with van der Waals surface area (Å²) in [6.07, 6.45) is -10.00. The third-order valence-electron chi connectivity index (χ3n) is 5.73. The van der Waals surface area contributed by atoms with Gasteiger partial charge in [0.05, 0.1) is 16.8 Å². The van der Waals surface area contributed by atoms with Gasteiger partial charge in [0.25, 0.3) is 0 Å². The lowest BCUT2D eigenvalue weighted by atomic mass is 10.1. The maximum Gasteiger partial charge on any atom is 0.416 e. The molecule has 2 amide bonds. The number of halogens is 6. The molecule has 0 bridgehead atoms. The Bertz CT molecular complexity index is 1190. The predicted octanol–water partition coefficient (Wildman–Crippen LogP) is 5.84. The molecule has 1 aromatic heterocycles. The Morgan fingerprint density at radius 3 is 1.89 bits per heavy atom. The molecule has 4 rings (SSSR count). The van der Waals surface area contributed by atoms with Crippen molar-refractivity contribution in [2.45, 2.75) is 19.3 Å². The molecule has 0 spiro atoms. The first-order chi connectivity index (χ1) is 16.9. The van der Waals surface area contributed by atoms with Crippen molar-refractivity contribution >= 4 is 17.5 Å². The number of urea groups is 1. The number of hydrogen-bond acceptors (Lipinski definition) is 4. The minimum atomic E-state index is -5.00. The van der Waals surface area contributed by atoms with E-state index in [0.717, 1.165) is 11.1 Å². The van der Waals surface area contributed by atoms with Crippen LogP contribution in [0.1, 0.15) is 16.7 Å². The molecule has 1 N–H and O–H groups in total. The third kappa shape index (κ3) is 5.86. The number of carbonyl (C=O) groups excluding carboxylic acids is 1. The van der Waals surface area contributed by atoms with Crippen molar-refractivity contribution in [2.24, 2.45) is 0 Å². The molecule has 36 heavy (non-hydrogen) atoms. The summed E-state index contributed by atoms with van der Waals surface area (Å²) in [6, 6.07) is 11.6. The van der Waals surface area contributed by atoms with Crippen LogP contribution in [0.25, 0.3) is 11.3 Å². The quantitative estimate of drug-likeness (QED) is 0.451. The lowest BCUT2D eigenvalue weighted by Gasteiger charge is -2.35. The molecular formula is C24H21F6N5O. The van der Waals surface area contributed by atoms with E-state index < -0.39 is 35.2 Å². The molecule has 1 saturated heterocycles. The standard InChI is InChI=1S/C24H21F6N5O/c1-15-2-4-16(5-3-15)20-6-7-21(33-32-20)34-8-10-35(11-9-34)22(36)31-19-13-17(23(25,26)27)12-18(14-19)24(28,29)30/h2-7,12-14H,8-11H2,1H3,(H,31,36). The van der Waals surface area contributed by atoms with Crippen molar-refractivity contribution in [1.82, 2.24) is 15.1 Å². The Hall–Kier alpha value is -3.83. The van der Waals surface area contributed by atoms with Gasteiger partial charge in [-0.25, -0.2) is 4.79 Å². The number of aromatic nitrogens is 2. The number of amides is 2. The smallest absolute Gasteiger partial charge is 0.352 e. The van der Waals surface area contributed by atoms with Crippen LogP contribution in [0.15, 0.2) is 54.6 Å². The van der Waals surface area contributed by atoms with Crippen LogP contribution in [0.2, 0.25) is 0 Å². The van der Waals surface area contributed by atoms with E-state index in [0.29, 0.717) is 36.7 Å². The summed E-state index contributed by atoms with van der Waals surface area (Å²) in [7, 11) is 0. The molecule has 0 aliphatic carbocycles. The first-order valence-electron chi connectivity index (χ1n) is 10.9. The molecule has 2 heterocycles. The molecule has 1 fully saturated rings. The van der Waals surface area contributed by atoms with Crippen LogP contribution in [-0.4, -0.2) is 47.3 Å². The number of nitrogens with one attached hydrogen (secondary N) is 1. The summed E-state index contributed by atoms with van der Waals surface area (Å²) in [4.78, 5) is 15.8. The number of nitrogens with zero attached hydrogens (tertiary/aromatic N) is 4. The highest BCUT2D eigenvalue weighted by molar-refractivity contribution is 5.89. The van der Waals surface area contributed by atoms with E-state index in [1.807, 2.05) is 42.2 Å². The van der Waals surface area contributed by atoms with Crippen LogP contribution < -0.4 is 10.2 Å². The Morgan fingerprint density at radius 1 is 0.806 bits per heavy atom. The van der Waals surface area contributed by atoms with E-state index in [1.54, 1.807) is 6.07 Å². The van der Waals surface area contributed by atoms with E-state index in [-0.39, 0.29) is 19.2 Å². The zero-order valence-corrected chi connectivity index (χ0v) is 19.0. The third-order valence-corrected chi connectivity index (χ3v) is 5.73. The highest BCUT2D eigenvalue weighted by Gasteiger charge is 2.37. The highest BCUT2D eigenvalue weighted by Crippen LogP contribution is 2.37. The van der Waals surface area contributed by atoms with E-state index in [2.05, 4.69) is 15.5 Å². The van der Waals surface area contributed by atoms with Crippen LogP contribution in [0.4, 0.5) is 42.6 Å². The van der Waals surface area contributed by atoms with E-state index in [1.165, 1.54) is 4.90 Å². The Kier molecular flexibility index (Phi) is 6.79. The fourth-order valence-electron chi connectivity index (χ4n) is 3.74. The lowest BCUT2D eigenvalue weighted by Crippen LogP contribution is -2.50. The van der Waals surface area contributed by atoms with E-state index >= 15 is 0 Å². The number of benzene rings is 2. The molecule has 0 radical (unpaired) electrons. The van der Waals surface area contributed by atoms with Gasteiger partial charge in [-0.15, -0.1) is 10.2 Å². The summed E-state index contributed by atoms with van der Waals surface area (Å²) in [5.41, 5.74) is -0.822. The monoisotopic (exact) mass is 509 g/mol. The summed E-state index contributed by atoms with van der Waals surface area (Å²) in [5, 5.41) is 10.7. The van der Waals surface area contributed by atoms with Gasteiger partial charge in [-0.05, 0) is 37.3 Å². The Balaban J connectivity index is 1.39. The molecule has 0 saturated carbocycles. The number of anilines is 2. The average molecular weight is 509 g/mol. The number of hydrogen-bond donors (Lipinski definition) is 1.